The summed E-state index contributed by atoms with van der Waals surface area (Å²) in [7, 11) is 2.18. The van der Waals surface area contributed by atoms with Gasteiger partial charge in [0.2, 0.25) is 0 Å². The van der Waals surface area contributed by atoms with E-state index in [1.54, 1.807) is 0 Å². The van der Waals surface area contributed by atoms with Crippen LogP contribution in [0.3, 0.4) is 0 Å². The summed E-state index contributed by atoms with van der Waals surface area (Å²) in [4.78, 5) is 2.36. The minimum atomic E-state index is -0.911. The fourth-order valence-electron chi connectivity index (χ4n) is 5.43. The van der Waals surface area contributed by atoms with E-state index in [4.69, 9.17) is 4.74 Å². The Balaban J connectivity index is 1.65. The number of likely N-dealkylation sites (N-methyl/N-ethyl adjacent to an activating group) is 1. The van der Waals surface area contributed by atoms with Crippen molar-refractivity contribution >= 4 is 10.8 Å². The highest BCUT2D eigenvalue weighted by Gasteiger charge is 2.42. The van der Waals surface area contributed by atoms with Crippen LogP contribution in [0.15, 0.2) is 42.5 Å². The predicted molar refractivity (Wildman–Crippen MR) is 115 cm³/mol. The van der Waals surface area contributed by atoms with Crippen LogP contribution in [0.25, 0.3) is 10.8 Å². The van der Waals surface area contributed by atoms with E-state index in [1.807, 2.05) is 0 Å². The quantitative estimate of drug-likeness (QED) is 0.767. The fourth-order valence-corrected chi connectivity index (χ4v) is 5.43. The van der Waals surface area contributed by atoms with Crippen molar-refractivity contribution in [3.63, 3.8) is 0 Å². The number of hydrogen-bond acceptors (Lipinski definition) is 3. The lowest BCUT2D eigenvalue weighted by molar-refractivity contribution is -0.130. The van der Waals surface area contributed by atoms with E-state index >= 15 is 0 Å². The SMILES string of the molecule is CCC1CCN(C)CC1OCC(O)(c1cccc2ccccc12)C1CCCC1. The van der Waals surface area contributed by atoms with Crippen molar-refractivity contribution in [2.45, 2.75) is 57.2 Å². The largest absolute Gasteiger partial charge is 0.382 e. The highest BCUT2D eigenvalue weighted by atomic mass is 16.5. The molecule has 1 aliphatic carbocycles. The third-order valence-corrected chi connectivity index (χ3v) is 7.23. The molecule has 0 radical (unpaired) electrons. The molecule has 2 fully saturated rings. The molecular weight excluding hydrogens is 346 g/mol. The summed E-state index contributed by atoms with van der Waals surface area (Å²) in [5.74, 6) is 0.872. The summed E-state index contributed by atoms with van der Waals surface area (Å²) in [5.41, 5.74) is 0.140. The molecule has 1 saturated carbocycles. The third-order valence-electron chi connectivity index (χ3n) is 7.23. The Morgan fingerprint density at radius 1 is 1.07 bits per heavy atom. The maximum absolute atomic E-state index is 12.1. The van der Waals surface area contributed by atoms with Gasteiger partial charge in [0.25, 0.3) is 0 Å². The summed E-state index contributed by atoms with van der Waals surface area (Å²) in [6.07, 6.45) is 7.15. The van der Waals surface area contributed by atoms with Gasteiger partial charge in [-0.1, -0.05) is 68.7 Å². The molecule has 1 saturated heterocycles. The maximum atomic E-state index is 12.1. The molecule has 3 nitrogen and oxygen atoms in total. The molecule has 0 bridgehead atoms. The number of benzene rings is 2. The molecule has 152 valence electrons. The van der Waals surface area contributed by atoms with Crippen molar-refractivity contribution in [1.82, 2.24) is 4.90 Å². The van der Waals surface area contributed by atoms with Crippen molar-refractivity contribution in [1.29, 1.82) is 0 Å². The Labute approximate surface area is 169 Å². The molecule has 0 spiro atoms. The molecule has 1 heterocycles. The van der Waals surface area contributed by atoms with Gasteiger partial charge in [0.15, 0.2) is 0 Å². The summed E-state index contributed by atoms with van der Waals surface area (Å²) < 4.78 is 6.55. The summed E-state index contributed by atoms with van der Waals surface area (Å²) in [6.45, 7) is 4.78. The van der Waals surface area contributed by atoms with Crippen molar-refractivity contribution in [2.75, 3.05) is 26.7 Å². The van der Waals surface area contributed by atoms with Crippen molar-refractivity contribution in [3.05, 3.63) is 48.0 Å². The molecular formula is C25H35NO2. The Kier molecular flexibility index (Phi) is 6.05. The summed E-state index contributed by atoms with van der Waals surface area (Å²) in [6, 6.07) is 14.8. The van der Waals surface area contributed by atoms with E-state index in [-0.39, 0.29) is 12.0 Å². The van der Waals surface area contributed by atoms with E-state index in [0.29, 0.717) is 12.5 Å². The maximum Gasteiger partial charge on any atom is 0.116 e. The van der Waals surface area contributed by atoms with Crippen molar-refractivity contribution in [2.24, 2.45) is 11.8 Å². The second kappa shape index (κ2) is 8.52. The van der Waals surface area contributed by atoms with Crippen LogP contribution < -0.4 is 0 Å². The first-order valence-corrected chi connectivity index (χ1v) is 11.1. The van der Waals surface area contributed by atoms with Crippen LogP contribution in [-0.2, 0) is 10.3 Å². The van der Waals surface area contributed by atoms with Gasteiger partial charge in [-0.25, -0.2) is 0 Å². The molecule has 1 aliphatic heterocycles. The number of fused-ring (bicyclic) bond motifs is 1. The van der Waals surface area contributed by atoms with Gasteiger partial charge in [-0.15, -0.1) is 0 Å². The van der Waals surface area contributed by atoms with Crippen LogP contribution in [0.4, 0.5) is 0 Å². The van der Waals surface area contributed by atoms with Gasteiger partial charge in [-0.3, -0.25) is 0 Å². The van der Waals surface area contributed by atoms with Gasteiger partial charge in [0.05, 0.1) is 12.7 Å². The molecule has 3 heteroatoms. The lowest BCUT2D eigenvalue weighted by Crippen LogP contribution is -2.47. The van der Waals surface area contributed by atoms with Gasteiger partial charge < -0.3 is 14.7 Å². The normalized spacial score (nSPS) is 26.5. The molecule has 1 N–H and O–H groups in total. The molecule has 2 aromatic rings. The molecule has 3 atom stereocenters. The van der Waals surface area contributed by atoms with E-state index in [1.165, 1.54) is 24.6 Å². The highest BCUT2D eigenvalue weighted by molar-refractivity contribution is 5.86. The number of hydrogen-bond donors (Lipinski definition) is 1. The van der Waals surface area contributed by atoms with E-state index in [0.717, 1.165) is 43.3 Å². The van der Waals surface area contributed by atoms with Crippen molar-refractivity contribution in [3.8, 4) is 0 Å². The fraction of sp³-hybridized carbons (Fsp3) is 0.600. The second-order valence-corrected chi connectivity index (χ2v) is 9.00. The topological polar surface area (TPSA) is 32.7 Å². The lowest BCUT2D eigenvalue weighted by atomic mass is 9.78. The zero-order valence-electron chi connectivity index (χ0n) is 17.4. The number of aliphatic hydroxyl groups is 1. The number of likely N-dealkylation sites (tertiary alicyclic amines) is 1. The first-order valence-electron chi connectivity index (χ1n) is 11.1. The van der Waals surface area contributed by atoms with Crippen LogP contribution >= 0.6 is 0 Å². The molecule has 0 aromatic heterocycles. The minimum absolute atomic E-state index is 0.214. The van der Waals surface area contributed by atoms with Gasteiger partial charge in [0.1, 0.15) is 5.60 Å². The third kappa shape index (κ3) is 3.85. The van der Waals surface area contributed by atoms with E-state index < -0.39 is 5.60 Å². The summed E-state index contributed by atoms with van der Waals surface area (Å²) in [5, 5.41) is 14.5. The molecule has 4 rings (SSSR count). The highest BCUT2D eigenvalue weighted by Crippen LogP contribution is 2.43. The first-order chi connectivity index (χ1) is 13.6. The smallest absolute Gasteiger partial charge is 0.116 e. The second-order valence-electron chi connectivity index (χ2n) is 9.00. The number of rotatable bonds is 6. The van der Waals surface area contributed by atoms with Crippen LogP contribution in [-0.4, -0.2) is 42.9 Å². The molecule has 2 aromatic carbocycles. The van der Waals surface area contributed by atoms with Gasteiger partial charge >= 0.3 is 0 Å². The van der Waals surface area contributed by atoms with Crippen LogP contribution in [0.2, 0.25) is 0 Å². The molecule has 28 heavy (non-hydrogen) atoms. The number of nitrogens with zero attached hydrogens (tertiary/aromatic N) is 1. The van der Waals surface area contributed by atoms with Gasteiger partial charge in [-0.2, -0.15) is 0 Å². The zero-order chi connectivity index (χ0) is 19.6. The first kappa shape index (κ1) is 19.9. The predicted octanol–water partition coefficient (Wildman–Crippen LogP) is 4.96. The average molecular weight is 382 g/mol. The van der Waals surface area contributed by atoms with Crippen LogP contribution in [0.5, 0.6) is 0 Å². The molecule has 2 aliphatic rings. The van der Waals surface area contributed by atoms with Crippen LogP contribution in [0.1, 0.15) is 51.0 Å². The zero-order valence-corrected chi connectivity index (χ0v) is 17.4. The van der Waals surface area contributed by atoms with E-state index in [2.05, 4.69) is 61.3 Å². The monoisotopic (exact) mass is 381 g/mol. The minimum Gasteiger partial charge on any atom is -0.382 e. The van der Waals surface area contributed by atoms with E-state index in [9.17, 15) is 5.11 Å². The van der Waals surface area contributed by atoms with Crippen molar-refractivity contribution < 1.29 is 9.84 Å². The number of ether oxygens (including phenoxy) is 1. The van der Waals surface area contributed by atoms with Gasteiger partial charge in [-0.05, 0) is 61.0 Å². The molecule has 0 amide bonds. The average Bonchev–Trinajstić information content (AvgIpc) is 3.27. The van der Waals surface area contributed by atoms with Crippen LogP contribution in [0, 0.1) is 11.8 Å². The Morgan fingerprint density at radius 3 is 2.61 bits per heavy atom. The Morgan fingerprint density at radius 2 is 1.82 bits per heavy atom. The van der Waals surface area contributed by atoms with Gasteiger partial charge in [0, 0.05) is 6.54 Å². The summed E-state index contributed by atoms with van der Waals surface area (Å²) >= 11 is 0. The number of piperidine rings is 1. The Hall–Kier alpha value is -1.42. The molecule has 3 unspecified atom stereocenters. The Bertz CT molecular complexity index is 780. The standard InChI is InChI=1S/C25H35NO2/c1-3-19-15-16-26(2)17-24(19)28-18-25(27,21-11-5-6-12-21)23-14-8-10-20-9-4-7-13-22(20)23/h4,7-10,13-14,19,21,24,27H,3,5-6,11-12,15-18H2,1-2H3. The lowest BCUT2D eigenvalue weighted by Gasteiger charge is -2.40.